The Morgan fingerprint density at radius 1 is 1.18 bits per heavy atom. The standard InChI is InChI=1S/C19H16F3N3O3/c1-11(2)28-13-6-3-5-12(9-13)15-7-4-8-16(24-15)25-17(19(20,21)22)14(10-23-25)18(26)27/h3-11H,1-2H3,(H,26,27). The summed E-state index contributed by atoms with van der Waals surface area (Å²) in [6.07, 6.45) is -4.29. The molecule has 0 aliphatic rings. The maximum absolute atomic E-state index is 13.4. The number of ether oxygens (including phenoxy) is 1. The minimum atomic E-state index is -4.91. The number of hydrogen-bond donors (Lipinski definition) is 1. The number of aromatic nitrogens is 3. The fourth-order valence-electron chi connectivity index (χ4n) is 2.65. The van der Waals surface area contributed by atoms with Gasteiger partial charge < -0.3 is 9.84 Å². The van der Waals surface area contributed by atoms with Crippen molar-refractivity contribution in [1.82, 2.24) is 14.8 Å². The topological polar surface area (TPSA) is 77.2 Å². The van der Waals surface area contributed by atoms with Crippen molar-refractivity contribution in [1.29, 1.82) is 0 Å². The number of aromatic carboxylic acids is 1. The molecular weight excluding hydrogens is 375 g/mol. The van der Waals surface area contributed by atoms with Gasteiger partial charge in [0, 0.05) is 5.56 Å². The van der Waals surface area contributed by atoms with E-state index in [0.29, 0.717) is 27.9 Å². The Hall–Kier alpha value is -3.36. The Bertz CT molecular complexity index is 1010. The highest BCUT2D eigenvalue weighted by atomic mass is 19.4. The Morgan fingerprint density at radius 3 is 2.54 bits per heavy atom. The third-order valence-electron chi connectivity index (χ3n) is 3.72. The maximum atomic E-state index is 13.4. The van der Waals surface area contributed by atoms with Crippen LogP contribution in [0, 0.1) is 0 Å². The lowest BCUT2D eigenvalue weighted by atomic mass is 10.1. The Balaban J connectivity index is 2.07. The molecule has 3 aromatic rings. The van der Waals surface area contributed by atoms with Crippen LogP contribution in [0.15, 0.2) is 48.7 Å². The van der Waals surface area contributed by atoms with E-state index < -0.39 is 23.4 Å². The first-order valence-corrected chi connectivity index (χ1v) is 8.30. The number of halogens is 3. The highest BCUT2D eigenvalue weighted by molar-refractivity contribution is 5.89. The van der Waals surface area contributed by atoms with Gasteiger partial charge in [-0.05, 0) is 38.1 Å². The molecule has 6 nitrogen and oxygen atoms in total. The van der Waals surface area contributed by atoms with Gasteiger partial charge in [-0.25, -0.2) is 14.5 Å². The molecule has 9 heteroatoms. The molecule has 146 valence electrons. The zero-order valence-corrected chi connectivity index (χ0v) is 14.9. The van der Waals surface area contributed by atoms with E-state index >= 15 is 0 Å². The molecule has 0 atom stereocenters. The van der Waals surface area contributed by atoms with Gasteiger partial charge in [-0.3, -0.25) is 0 Å². The molecular formula is C19H16F3N3O3. The highest BCUT2D eigenvalue weighted by Crippen LogP contribution is 2.33. The summed E-state index contributed by atoms with van der Waals surface area (Å²) in [5, 5.41) is 12.6. The van der Waals surface area contributed by atoms with Crippen LogP contribution in [0.4, 0.5) is 13.2 Å². The summed E-state index contributed by atoms with van der Waals surface area (Å²) >= 11 is 0. The number of hydrogen-bond acceptors (Lipinski definition) is 4. The minimum absolute atomic E-state index is 0.0394. The second kappa shape index (κ2) is 7.34. The molecule has 0 saturated carbocycles. The van der Waals surface area contributed by atoms with E-state index in [0.717, 1.165) is 0 Å². The van der Waals surface area contributed by atoms with Gasteiger partial charge >= 0.3 is 12.1 Å². The maximum Gasteiger partial charge on any atom is 0.434 e. The lowest BCUT2D eigenvalue weighted by Gasteiger charge is -2.13. The molecule has 28 heavy (non-hydrogen) atoms. The van der Waals surface area contributed by atoms with Gasteiger partial charge in [-0.2, -0.15) is 18.3 Å². The number of pyridine rings is 1. The summed E-state index contributed by atoms with van der Waals surface area (Å²) < 4.78 is 46.4. The summed E-state index contributed by atoms with van der Waals surface area (Å²) in [5.74, 6) is -1.26. The van der Waals surface area contributed by atoms with Crippen molar-refractivity contribution in [3.63, 3.8) is 0 Å². The summed E-state index contributed by atoms with van der Waals surface area (Å²) in [6.45, 7) is 3.75. The second-order valence-electron chi connectivity index (χ2n) is 6.20. The van der Waals surface area contributed by atoms with Crippen LogP contribution in [0.2, 0.25) is 0 Å². The molecule has 1 aromatic carbocycles. The first-order valence-electron chi connectivity index (χ1n) is 8.30. The van der Waals surface area contributed by atoms with Crippen LogP contribution < -0.4 is 4.74 Å². The van der Waals surface area contributed by atoms with E-state index in [9.17, 15) is 18.0 Å². The van der Waals surface area contributed by atoms with E-state index in [1.807, 2.05) is 13.8 Å². The normalized spacial score (nSPS) is 11.6. The average Bonchev–Trinajstić information content (AvgIpc) is 3.07. The first-order chi connectivity index (χ1) is 13.2. The highest BCUT2D eigenvalue weighted by Gasteiger charge is 2.41. The van der Waals surface area contributed by atoms with Crippen molar-refractivity contribution < 1.29 is 27.8 Å². The van der Waals surface area contributed by atoms with Gasteiger partial charge in [0.25, 0.3) is 0 Å². The van der Waals surface area contributed by atoms with Crippen molar-refractivity contribution in [2.24, 2.45) is 0 Å². The van der Waals surface area contributed by atoms with E-state index in [1.54, 1.807) is 30.3 Å². The molecule has 0 bridgehead atoms. The molecule has 0 saturated heterocycles. The number of rotatable bonds is 5. The number of nitrogens with zero attached hydrogens (tertiary/aromatic N) is 3. The Labute approximate surface area is 158 Å². The molecule has 0 aliphatic carbocycles. The van der Waals surface area contributed by atoms with Crippen LogP contribution in [0.5, 0.6) is 5.75 Å². The lowest BCUT2D eigenvalue weighted by Crippen LogP contribution is -2.18. The van der Waals surface area contributed by atoms with Gasteiger partial charge in [0.1, 0.15) is 11.3 Å². The van der Waals surface area contributed by atoms with E-state index in [2.05, 4.69) is 10.1 Å². The summed E-state index contributed by atoms with van der Waals surface area (Å²) in [4.78, 5) is 15.4. The molecule has 0 spiro atoms. The largest absolute Gasteiger partial charge is 0.491 e. The van der Waals surface area contributed by atoms with Crippen molar-refractivity contribution in [2.75, 3.05) is 0 Å². The van der Waals surface area contributed by atoms with Gasteiger partial charge in [0.2, 0.25) is 0 Å². The molecule has 1 N–H and O–H groups in total. The smallest absolute Gasteiger partial charge is 0.434 e. The number of carboxylic acid groups (broad SMARTS) is 1. The number of alkyl halides is 3. The van der Waals surface area contributed by atoms with Crippen LogP contribution in [0.3, 0.4) is 0 Å². The fourth-order valence-corrected chi connectivity index (χ4v) is 2.65. The van der Waals surface area contributed by atoms with Gasteiger partial charge in [0.15, 0.2) is 11.5 Å². The van der Waals surface area contributed by atoms with Gasteiger partial charge in [-0.15, -0.1) is 0 Å². The number of carbonyl (C=O) groups is 1. The quantitative estimate of drug-likeness (QED) is 0.696. The summed E-state index contributed by atoms with van der Waals surface area (Å²) in [7, 11) is 0. The van der Waals surface area contributed by atoms with Crippen molar-refractivity contribution in [3.05, 3.63) is 59.9 Å². The molecule has 0 unspecified atom stereocenters. The van der Waals surface area contributed by atoms with Crippen LogP contribution in [-0.2, 0) is 6.18 Å². The van der Waals surface area contributed by atoms with Gasteiger partial charge in [0.05, 0.1) is 18.0 Å². The third-order valence-corrected chi connectivity index (χ3v) is 3.72. The van der Waals surface area contributed by atoms with Crippen LogP contribution in [-0.4, -0.2) is 31.9 Å². The predicted octanol–water partition coefficient (Wildman–Crippen LogP) is 4.44. The SMILES string of the molecule is CC(C)Oc1cccc(-c2cccc(-n3ncc(C(=O)O)c3C(F)(F)F)n2)c1. The average molecular weight is 391 g/mol. The summed E-state index contributed by atoms with van der Waals surface area (Å²) in [5.41, 5.74) is -1.29. The molecule has 0 aliphatic heterocycles. The van der Waals surface area contributed by atoms with Gasteiger partial charge in [-0.1, -0.05) is 18.2 Å². The monoisotopic (exact) mass is 391 g/mol. The van der Waals surface area contributed by atoms with Crippen LogP contribution >= 0.6 is 0 Å². The minimum Gasteiger partial charge on any atom is -0.491 e. The number of benzene rings is 1. The zero-order chi connectivity index (χ0) is 20.5. The third kappa shape index (κ3) is 3.98. The van der Waals surface area contributed by atoms with E-state index in [4.69, 9.17) is 9.84 Å². The van der Waals surface area contributed by atoms with E-state index in [-0.39, 0.29) is 11.9 Å². The predicted molar refractivity (Wildman–Crippen MR) is 94.5 cm³/mol. The molecule has 2 heterocycles. The number of carboxylic acids is 1. The first kappa shape index (κ1) is 19.4. The van der Waals surface area contributed by atoms with Crippen LogP contribution in [0.25, 0.3) is 17.1 Å². The second-order valence-corrected chi connectivity index (χ2v) is 6.20. The lowest BCUT2D eigenvalue weighted by molar-refractivity contribution is -0.143. The molecule has 0 amide bonds. The fraction of sp³-hybridized carbons (Fsp3) is 0.211. The molecule has 2 aromatic heterocycles. The van der Waals surface area contributed by atoms with Crippen molar-refractivity contribution in [2.45, 2.75) is 26.1 Å². The van der Waals surface area contributed by atoms with Crippen molar-refractivity contribution >= 4 is 5.97 Å². The molecule has 0 radical (unpaired) electrons. The Kier molecular flexibility index (Phi) is 5.08. The Morgan fingerprint density at radius 2 is 1.89 bits per heavy atom. The van der Waals surface area contributed by atoms with Crippen LogP contribution in [0.1, 0.15) is 29.9 Å². The zero-order valence-electron chi connectivity index (χ0n) is 14.9. The molecule has 0 fully saturated rings. The van der Waals surface area contributed by atoms with E-state index in [1.165, 1.54) is 12.1 Å². The summed E-state index contributed by atoms with van der Waals surface area (Å²) in [6, 6.07) is 11.5. The molecule has 3 rings (SSSR count). The van der Waals surface area contributed by atoms with Crippen molar-refractivity contribution in [3.8, 4) is 22.8 Å².